The van der Waals surface area contributed by atoms with Crippen LogP contribution in [0.5, 0.6) is 0 Å². The Morgan fingerprint density at radius 3 is 2.62 bits per heavy atom. The number of aliphatic hydroxyl groups excluding tert-OH is 1. The highest BCUT2D eigenvalue weighted by atomic mass is 32.2. The summed E-state index contributed by atoms with van der Waals surface area (Å²) >= 11 is 0. The van der Waals surface area contributed by atoms with Crippen molar-refractivity contribution in [2.24, 2.45) is 0 Å². The third kappa shape index (κ3) is 4.01. The molecule has 0 bridgehead atoms. The molecule has 0 unspecified atom stereocenters. The zero-order valence-electron chi connectivity index (χ0n) is 12.0. The average molecular weight is 308 g/mol. The number of nitrogens with zero attached hydrogens (tertiary/aromatic N) is 1. The smallest absolute Gasteiger partial charge is 0.279 e. The third-order valence-corrected chi connectivity index (χ3v) is 4.88. The molecule has 5 nitrogen and oxygen atoms in total. The summed E-state index contributed by atoms with van der Waals surface area (Å²) < 4.78 is 28.0. The van der Waals surface area contributed by atoms with Crippen molar-refractivity contribution in [3.63, 3.8) is 0 Å². The molecule has 0 fully saturated rings. The third-order valence-electron chi connectivity index (χ3n) is 3.37. The molecule has 0 saturated carbocycles. The zero-order valence-corrected chi connectivity index (χ0v) is 12.8. The molecule has 0 atom stereocenters. The van der Waals surface area contributed by atoms with Crippen LogP contribution < -0.4 is 4.72 Å². The van der Waals surface area contributed by atoms with Gasteiger partial charge in [0.05, 0.1) is 0 Å². The van der Waals surface area contributed by atoms with Crippen LogP contribution in [-0.4, -0.2) is 38.0 Å². The number of rotatable bonds is 7. The second kappa shape index (κ2) is 7.00. The van der Waals surface area contributed by atoms with Crippen molar-refractivity contribution in [3.05, 3.63) is 48.0 Å². The van der Waals surface area contributed by atoms with E-state index in [2.05, 4.69) is 4.72 Å². The van der Waals surface area contributed by atoms with E-state index in [4.69, 9.17) is 5.11 Å². The molecule has 0 aromatic heterocycles. The normalized spacial score (nSPS) is 12.1. The molecule has 0 heterocycles. The average Bonchev–Trinajstić information content (AvgIpc) is 2.50. The second-order valence-corrected chi connectivity index (χ2v) is 6.73. The molecule has 0 amide bonds. The summed E-state index contributed by atoms with van der Waals surface area (Å²) in [5.74, 6) is 0. The number of benzene rings is 2. The van der Waals surface area contributed by atoms with Crippen molar-refractivity contribution < 1.29 is 13.5 Å². The van der Waals surface area contributed by atoms with Crippen molar-refractivity contribution >= 4 is 21.0 Å². The van der Waals surface area contributed by atoms with E-state index in [-0.39, 0.29) is 13.2 Å². The Morgan fingerprint density at radius 2 is 1.86 bits per heavy atom. The number of fused-ring (bicyclic) bond motifs is 1. The first-order valence-corrected chi connectivity index (χ1v) is 8.27. The molecule has 0 aliphatic carbocycles. The molecule has 2 aromatic carbocycles. The van der Waals surface area contributed by atoms with E-state index in [1.54, 1.807) is 0 Å². The highest BCUT2D eigenvalue weighted by Gasteiger charge is 2.16. The predicted molar refractivity (Wildman–Crippen MR) is 84.0 cm³/mol. The van der Waals surface area contributed by atoms with Gasteiger partial charge in [-0.2, -0.15) is 17.4 Å². The molecule has 0 aliphatic heterocycles. The van der Waals surface area contributed by atoms with Crippen molar-refractivity contribution in [1.82, 2.24) is 9.03 Å². The Labute approximate surface area is 125 Å². The molecular weight excluding hydrogens is 288 g/mol. The maximum atomic E-state index is 12.1. The topological polar surface area (TPSA) is 69.6 Å². The van der Waals surface area contributed by atoms with Crippen LogP contribution in [0, 0.1) is 0 Å². The quantitative estimate of drug-likeness (QED) is 0.814. The van der Waals surface area contributed by atoms with Crippen molar-refractivity contribution in [1.29, 1.82) is 0 Å². The van der Waals surface area contributed by atoms with Gasteiger partial charge >= 0.3 is 0 Å². The van der Waals surface area contributed by atoms with Gasteiger partial charge in [-0.15, -0.1) is 0 Å². The largest absolute Gasteiger partial charge is 0.396 e. The Balaban J connectivity index is 2.11. The minimum atomic E-state index is -3.53. The van der Waals surface area contributed by atoms with Gasteiger partial charge in [0.15, 0.2) is 0 Å². The van der Waals surface area contributed by atoms with Gasteiger partial charge in [-0.3, -0.25) is 0 Å². The van der Waals surface area contributed by atoms with E-state index in [9.17, 15) is 8.42 Å². The monoisotopic (exact) mass is 308 g/mol. The Morgan fingerprint density at radius 1 is 1.14 bits per heavy atom. The van der Waals surface area contributed by atoms with Crippen LogP contribution in [0.1, 0.15) is 12.0 Å². The Bertz CT molecular complexity index is 696. The fraction of sp³-hybridized carbons (Fsp3) is 0.333. The minimum absolute atomic E-state index is 0.0246. The van der Waals surface area contributed by atoms with Crippen LogP contribution in [0.15, 0.2) is 42.5 Å². The summed E-state index contributed by atoms with van der Waals surface area (Å²) in [5, 5.41) is 10.9. The van der Waals surface area contributed by atoms with Crippen LogP contribution in [0.25, 0.3) is 10.8 Å². The lowest BCUT2D eigenvalue weighted by Crippen LogP contribution is -2.38. The van der Waals surface area contributed by atoms with Crippen LogP contribution in [0.2, 0.25) is 0 Å². The summed E-state index contributed by atoms with van der Waals surface area (Å²) in [6, 6.07) is 13.7. The Hall–Kier alpha value is -1.47. The standard InChI is InChI=1S/C15H20N2O3S/c1-17(10-5-11-18)21(19,20)16-12-14-8-4-7-13-6-2-3-9-15(13)14/h2-4,6-9,16,18H,5,10-12H2,1H3. The van der Waals surface area contributed by atoms with Gasteiger partial charge in [0.1, 0.15) is 0 Å². The first-order valence-electron chi connectivity index (χ1n) is 6.83. The molecule has 6 heteroatoms. The van der Waals surface area contributed by atoms with E-state index >= 15 is 0 Å². The molecule has 0 radical (unpaired) electrons. The van der Waals surface area contributed by atoms with E-state index in [1.807, 2.05) is 42.5 Å². The Kier molecular flexibility index (Phi) is 5.30. The van der Waals surface area contributed by atoms with E-state index < -0.39 is 10.2 Å². The van der Waals surface area contributed by atoms with E-state index in [0.29, 0.717) is 13.0 Å². The summed E-state index contributed by atoms with van der Waals surface area (Å²) in [4.78, 5) is 0. The molecule has 0 spiro atoms. The maximum Gasteiger partial charge on any atom is 0.279 e. The molecule has 2 N–H and O–H groups in total. The molecule has 21 heavy (non-hydrogen) atoms. The van der Waals surface area contributed by atoms with Crippen molar-refractivity contribution in [2.45, 2.75) is 13.0 Å². The summed E-state index contributed by atoms with van der Waals surface area (Å²) in [6.45, 7) is 0.512. The van der Waals surface area contributed by atoms with Gasteiger partial charge in [-0.25, -0.2) is 0 Å². The molecule has 0 aliphatic rings. The van der Waals surface area contributed by atoms with Crippen LogP contribution in [0.4, 0.5) is 0 Å². The SMILES string of the molecule is CN(CCCO)S(=O)(=O)NCc1cccc2ccccc12. The van der Waals surface area contributed by atoms with Crippen molar-refractivity contribution in [2.75, 3.05) is 20.2 Å². The molecule has 114 valence electrons. The van der Waals surface area contributed by atoms with Gasteiger partial charge < -0.3 is 5.11 Å². The van der Waals surface area contributed by atoms with Crippen LogP contribution in [-0.2, 0) is 16.8 Å². The first kappa shape index (κ1) is 15.9. The lowest BCUT2D eigenvalue weighted by molar-refractivity contribution is 0.275. The van der Waals surface area contributed by atoms with E-state index in [0.717, 1.165) is 16.3 Å². The number of hydrogen-bond donors (Lipinski definition) is 2. The van der Waals surface area contributed by atoms with Crippen LogP contribution >= 0.6 is 0 Å². The summed E-state index contributed by atoms with van der Waals surface area (Å²) in [6.07, 6.45) is 0.422. The fourth-order valence-electron chi connectivity index (χ4n) is 2.14. The summed E-state index contributed by atoms with van der Waals surface area (Å²) in [7, 11) is -2.03. The van der Waals surface area contributed by atoms with Gasteiger partial charge in [0.2, 0.25) is 0 Å². The van der Waals surface area contributed by atoms with E-state index in [1.165, 1.54) is 11.4 Å². The van der Waals surface area contributed by atoms with Crippen LogP contribution in [0.3, 0.4) is 0 Å². The summed E-state index contributed by atoms with van der Waals surface area (Å²) in [5.41, 5.74) is 0.937. The molecular formula is C15H20N2O3S. The van der Waals surface area contributed by atoms with Gasteiger partial charge in [-0.1, -0.05) is 42.5 Å². The highest BCUT2D eigenvalue weighted by molar-refractivity contribution is 7.87. The fourth-order valence-corrected chi connectivity index (χ4v) is 3.07. The predicted octanol–water partition coefficient (Wildman–Crippen LogP) is 1.49. The minimum Gasteiger partial charge on any atom is -0.396 e. The zero-order chi connectivity index (χ0) is 15.3. The van der Waals surface area contributed by atoms with Crippen molar-refractivity contribution in [3.8, 4) is 0 Å². The lowest BCUT2D eigenvalue weighted by Gasteiger charge is -2.17. The number of nitrogens with one attached hydrogen (secondary N) is 1. The molecule has 2 aromatic rings. The molecule has 0 saturated heterocycles. The second-order valence-electron chi connectivity index (χ2n) is 4.86. The molecule has 2 rings (SSSR count). The highest BCUT2D eigenvalue weighted by Crippen LogP contribution is 2.18. The van der Waals surface area contributed by atoms with Gasteiger partial charge in [0.25, 0.3) is 10.2 Å². The van der Waals surface area contributed by atoms with Gasteiger partial charge in [0, 0.05) is 26.7 Å². The maximum absolute atomic E-state index is 12.1. The van der Waals surface area contributed by atoms with Gasteiger partial charge in [-0.05, 0) is 22.8 Å². The first-order chi connectivity index (χ1) is 10.0. The lowest BCUT2D eigenvalue weighted by atomic mass is 10.1. The number of hydrogen-bond acceptors (Lipinski definition) is 3. The number of aliphatic hydroxyl groups is 1.